The van der Waals surface area contributed by atoms with Gasteiger partial charge in [0.2, 0.25) is 0 Å². The molecule has 0 bridgehead atoms. The van der Waals surface area contributed by atoms with Crippen LogP contribution in [0.15, 0.2) is 84.9 Å². The minimum Gasteiger partial charge on any atom is -0.429 e. The minimum absolute atomic E-state index is 0.244. The van der Waals surface area contributed by atoms with E-state index in [1.165, 1.54) is 0 Å². The summed E-state index contributed by atoms with van der Waals surface area (Å²) in [5, 5.41) is 0. The molecule has 1 atom stereocenters. The number of nitrogens with zero attached hydrogens (tertiary/aromatic N) is 1. The quantitative estimate of drug-likeness (QED) is 0.341. The number of rotatable bonds is 8. The molecule has 0 fully saturated rings. The zero-order chi connectivity index (χ0) is 20.5. The average molecular weight is 389 g/mol. The molecular weight excluding hydrogens is 362 g/mol. The Hall–Kier alpha value is -3.27. The smallest absolute Gasteiger partial charge is 0.429 e. The molecule has 0 aliphatic rings. The van der Waals surface area contributed by atoms with Gasteiger partial charge >= 0.3 is 6.16 Å². The monoisotopic (exact) mass is 389 g/mol. The molecule has 0 aromatic heterocycles. The highest BCUT2D eigenvalue weighted by Gasteiger charge is 2.18. The Morgan fingerprint density at radius 2 is 1.41 bits per heavy atom. The lowest BCUT2D eigenvalue weighted by Gasteiger charge is -2.27. The highest BCUT2D eigenvalue weighted by Crippen LogP contribution is 2.22. The van der Waals surface area contributed by atoms with E-state index in [4.69, 9.17) is 9.47 Å². The molecule has 0 amide bonds. The van der Waals surface area contributed by atoms with Crippen LogP contribution >= 0.6 is 0 Å². The van der Waals surface area contributed by atoms with E-state index in [1.807, 2.05) is 67.6 Å². The molecule has 0 aliphatic heterocycles. The lowest BCUT2D eigenvalue weighted by atomic mass is 10.1. The summed E-state index contributed by atoms with van der Waals surface area (Å²) in [6.45, 7) is 5.55. The molecule has 0 radical (unpaired) electrons. The van der Waals surface area contributed by atoms with E-state index in [1.54, 1.807) is 12.1 Å². The number of hydrogen-bond acceptors (Lipinski definition) is 4. The van der Waals surface area contributed by atoms with E-state index < -0.39 is 6.16 Å². The number of hydrogen-bond donors (Lipinski definition) is 0. The lowest BCUT2D eigenvalue weighted by Crippen LogP contribution is -2.35. The topological polar surface area (TPSA) is 38.8 Å². The third-order valence-electron chi connectivity index (χ3n) is 4.81. The Morgan fingerprint density at radius 1 is 0.828 bits per heavy atom. The van der Waals surface area contributed by atoms with Crippen LogP contribution in [0, 0.1) is 0 Å². The van der Waals surface area contributed by atoms with Crippen molar-refractivity contribution >= 4 is 11.8 Å². The second kappa shape index (κ2) is 10.3. The van der Waals surface area contributed by atoms with Crippen LogP contribution in [-0.4, -0.2) is 25.3 Å². The summed E-state index contributed by atoms with van der Waals surface area (Å²) in [6, 6.07) is 27.6. The van der Waals surface area contributed by atoms with Crippen molar-refractivity contribution < 1.29 is 14.3 Å². The van der Waals surface area contributed by atoms with Gasteiger partial charge in [0, 0.05) is 12.2 Å². The SMILES string of the molecule is CCC(CN(CC)c1ccccc1)OC(=O)Oc1ccc(-c2ccccc2)cc1. The van der Waals surface area contributed by atoms with E-state index in [0.29, 0.717) is 18.7 Å². The van der Waals surface area contributed by atoms with Crippen LogP contribution in [0.2, 0.25) is 0 Å². The predicted molar refractivity (Wildman–Crippen MR) is 117 cm³/mol. The van der Waals surface area contributed by atoms with Gasteiger partial charge in [0.05, 0.1) is 6.54 Å². The minimum atomic E-state index is -0.673. The molecule has 3 aromatic carbocycles. The molecule has 0 saturated heterocycles. The molecule has 0 spiro atoms. The van der Waals surface area contributed by atoms with Crippen LogP contribution in [0.25, 0.3) is 11.1 Å². The fourth-order valence-electron chi connectivity index (χ4n) is 3.15. The Bertz CT molecular complexity index is 879. The fourth-order valence-corrected chi connectivity index (χ4v) is 3.15. The average Bonchev–Trinajstić information content (AvgIpc) is 2.78. The molecule has 29 heavy (non-hydrogen) atoms. The Balaban J connectivity index is 1.57. The van der Waals surface area contributed by atoms with Gasteiger partial charge in [-0.15, -0.1) is 0 Å². The first-order valence-electron chi connectivity index (χ1n) is 10.0. The second-order valence-corrected chi connectivity index (χ2v) is 6.76. The first-order valence-corrected chi connectivity index (χ1v) is 10.0. The van der Waals surface area contributed by atoms with Crippen molar-refractivity contribution in [2.45, 2.75) is 26.4 Å². The molecule has 3 rings (SSSR count). The Kier molecular flexibility index (Phi) is 7.28. The normalized spacial score (nSPS) is 11.5. The first-order chi connectivity index (χ1) is 14.2. The standard InChI is InChI=1S/C25H27NO3/c1-3-23(19-26(4-2)22-13-9-6-10-14-22)28-25(27)29-24-17-15-21(16-18-24)20-11-7-5-8-12-20/h5-18,23H,3-4,19H2,1-2H3. The molecule has 0 N–H and O–H groups in total. The zero-order valence-corrected chi connectivity index (χ0v) is 17.0. The Labute approximate surface area is 172 Å². The van der Waals surface area contributed by atoms with Crippen molar-refractivity contribution in [3.63, 3.8) is 0 Å². The zero-order valence-electron chi connectivity index (χ0n) is 17.0. The van der Waals surface area contributed by atoms with Crippen molar-refractivity contribution in [1.82, 2.24) is 0 Å². The molecule has 1 unspecified atom stereocenters. The second-order valence-electron chi connectivity index (χ2n) is 6.76. The van der Waals surface area contributed by atoms with E-state index in [2.05, 4.69) is 24.0 Å². The van der Waals surface area contributed by atoms with Crippen molar-refractivity contribution in [2.24, 2.45) is 0 Å². The van der Waals surface area contributed by atoms with Gasteiger partial charge in [0.15, 0.2) is 0 Å². The molecule has 150 valence electrons. The van der Waals surface area contributed by atoms with Crippen molar-refractivity contribution in [3.05, 3.63) is 84.9 Å². The maximum Gasteiger partial charge on any atom is 0.514 e. The summed E-state index contributed by atoms with van der Waals surface area (Å²) < 4.78 is 10.9. The predicted octanol–water partition coefficient (Wildman–Crippen LogP) is 6.17. The van der Waals surface area contributed by atoms with Gasteiger partial charge in [-0.05, 0) is 48.7 Å². The molecule has 0 saturated carbocycles. The maximum absolute atomic E-state index is 12.3. The number of ether oxygens (including phenoxy) is 2. The van der Waals surface area contributed by atoms with Gasteiger partial charge < -0.3 is 14.4 Å². The maximum atomic E-state index is 12.3. The van der Waals surface area contributed by atoms with Gasteiger partial charge in [0.1, 0.15) is 11.9 Å². The van der Waals surface area contributed by atoms with Gasteiger partial charge in [-0.1, -0.05) is 67.6 Å². The summed E-state index contributed by atoms with van der Waals surface area (Å²) in [5.74, 6) is 0.472. The van der Waals surface area contributed by atoms with Crippen molar-refractivity contribution in [2.75, 3.05) is 18.0 Å². The summed E-state index contributed by atoms with van der Waals surface area (Å²) in [6.07, 6.45) is -0.203. The van der Waals surface area contributed by atoms with Gasteiger partial charge in [0.25, 0.3) is 0 Å². The van der Waals surface area contributed by atoms with Crippen molar-refractivity contribution in [3.8, 4) is 16.9 Å². The van der Waals surface area contributed by atoms with Crippen LogP contribution in [-0.2, 0) is 4.74 Å². The third-order valence-corrected chi connectivity index (χ3v) is 4.81. The number of likely N-dealkylation sites (N-methyl/N-ethyl adjacent to an activating group) is 1. The fraction of sp³-hybridized carbons (Fsp3) is 0.240. The lowest BCUT2D eigenvalue weighted by molar-refractivity contribution is 0.0594. The summed E-state index contributed by atoms with van der Waals surface area (Å²) in [7, 11) is 0. The van der Waals surface area contributed by atoms with E-state index in [-0.39, 0.29) is 6.10 Å². The Morgan fingerprint density at radius 3 is 2.00 bits per heavy atom. The highest BCUT2D eigenvalue weighted by molar-refractivity contribution is 5.67. The van der Waals surface area contributed by atoms with E-state index >= 15 is 0 Å². The molecule has 3 aromatic rings. The number of carbonyl (C=O) groups is 1. The van der Waals surface area contributed by atoms with Crippen molar-refractivity contribution in [1.29, 1.82) is 0 Å². The number of anilines is 1. The van der Waals surface area contributed by atoms with Gasteiger partial charge in [-0.25, -0.2) is 4.79 Å². The molecule has 0 aliphatic carbocycles. The third kappa shape index (κ3) is 5.85. The summed E-state index contributed by atoms with van der Waals surface area (Å²) in [4.78, 5) is 14.5. The largest absolute Gasteiger partial charge is 0.514 e. The van der Waals surface area contributed by atoms with E-state index in [0.717, 1.165) is 23.4 Å². The number of para-hydroxylation sites is 1. The summed E-state index contributed by atoms with van der Waals surface area (Å²) in [5.41, 5.74) is 3.30. The first kappa shape index (κ1) is 20.5. The molecule has 0 heterocycles. The number of benzene rings is 3. The van der Waals surface area contributed by atoms with Crippen LogP contribution in [0.5, 0.6) is 5.75 Å². The van der Waals surface area contributed by atoms with E-state index in [9.17, 15) is 4.79 Å². The molecule has 4 nitrogen and oxygen atoms in total. The summed E-state index contributed by atoms with van der Waals surface area (Å²) >= 11 is 0. The molecular formula is C25H27NO3. The molecule has 4 heteroatoms. The number of carbonyl (C=O) groups excluding carboxylic acids is 1. The highest BCUT2D eigenvalue weighted by atomic mass is 16.7. The van der Waals surface area contributed by atoms with Crippen LogP contribution in [0.3, 0.4) is 0 Å². The van der Waals surface area contributed by atoms with Gasteiger partial charge in [-0.3, -0.25) is 0 Å². The van der Waals surface area contributed by atoms with Crippen LogP contribution in [0.4, 0.5) is 10.5 Å². The van der Waals surface area contributed by atoms with Crippen LogP contribution in [0.1, 0.15) is 20.3 Å². The van der Waals surface area contributed by atoms with Crippen LogP contribution < -0.4 is 9.64 Å². The van der Waals surface area contributed by atoms with Gasteiger partial charge in [-0.2, -0.15) is 0 Å².